The summed E-state index contributed by atoms with van der Waals surface area (Å²) in [6.07, 6.45) is 1.72. The van der Waals surface area contributed by atoms with Gasteiger partial charge in [0, 0.05) is 11.9 Å². The average molecular weight is 229 g/mol. The van der Waals surface area contributed by atoms with Gasteiger partial charge in [0.15, 0.2) is 0 Å². The van der Waals surface area contributed by atoms with Crippen molar-refractivity contribution in [2.45, 2.75) is 5.92 Å². The van der Waals surface area contributed by atoms with Crippen LogP contribution in [0.2, 0.25) is 0 Å². The summed E-state index contributed by atoms with van der Waals surface area (Å²) in [6.45, 7) is 0.460. The Morgan fingerprint density at radius 3 is 2.47 bits per heavy atom. The van der Waals surface area contributed by atoms with Gasteiger partial charge < -0.3 is 9.84 Å². The van der Waals surface area contributed by atoms with Crippen molar-refractivity contribution in [2.24, 2.45) is 0 Å². The smallest absolute Gasteiger partial charge is 0.119 e. The van der Waals surface area contributed by atoms with E-state index in [0.717, 1.165) is 11.4 Å². The molecule has 1 unspecified atom stereocenters. The van der Waals surface area contributed by atoms with Crippen LogP contribution in [0.3, 0.4) is 0 Å². The van der Waals surface area contributed by atoms with Gasteiger partial charge in [-0.1, -0.05) is 24.3 Å². The molecule has 0 aliphatic heterocycles. The Bertz CT molecular complexity index is 430. The van der Waals surface area contributed by atoms with Crippen molar-refractivity contribution in [3.8, 4) is 5.75 Å². The lowest BCUT2D eigenvalue weighted by Crippen LogP contribution is -2.15. The highest BCUT2D eigenvalue weighted by atomic mass is 16.5. The Morgan fingerprint density at radius 1 is 1.06 bits per heavy atom. The summed E-state index contributed by atoms with van der Waals surface area (Å²) in [6, 6.07) is 15.2. The predicted octanol–water partition coefficient (Wildman–Crippen LogP) is 2.24. The predicted molar refractivity (Wildman–Crippen MR) is 66.0 cm³/mol. The van der Waals surface area contributed by atoms with Crippen LogP contribution in [-0.4, -0.2) is 23.3 Å². The van der Waals surface area contributed by atoms with Crippen LogP contribution >= 0.6 is 0 Å². The number of aliphatic hydroxyl groups is 1. The van der Waals surface area contributed by atoms with Gasteiger partial charge in [0.25, 0.3) is 0 Å². The highest BCUT2D eigenvalue weighted by Gasteiger charge is 2.12. The molecular weight excluding hydrogens is 214 g/mol. The Kier molecular flexibility index (Phi) is 4.11. The molecule has 2 aromatic rings. The van der Waals surface area contributed by atoms with E-state index in [4.69, 9.17) is 4.74 Å². The Labute approximate surface area is 101 Å². The van der Waals surface area contributed by atoms with Gasteiger partial charge in [0.1, 0.15) is 5.75 Å². The van der Waals surface area contributed by atoms with E-state index >= 15 is 0 Å². The van der Waals surface area contributed by atoms with Gasteiger partial charge in [0.05, 0.1) is 19.1 Å². The van der Waals surface area contributed by atoms with Crippen molar-refractivity contribution in [1.82, 2.24) is 4.98 Å². The second kappa shape index (κ2) is 6.01. The summed E-state index contributed by atoms with van der Waals surface area (Å²) in [5, 5.41) is 9.34. The molecule has 0 saturated carbocycles. The van der Waals surface area contributed by atoms with E-state index in [-0.39, 0.29) is 12.5 Å². The first-order valence-electron chi connectivity index (χ1n) is 5.60. The molecule has 88 valence electrons. The largest absolute Gasteiger partial charge is 0.493 e. The number of nitrogens with zero attached hydrogens (tertiary/aromatic N) is 1. The summed E-state index contributed by atoms with van der Waals surface area (Å²) >= 11 is 0. The molecule has 2 rings (SSSR count). The number of rotatable bonds is 5. The number of hydrogen-bond donors (Lipinski definition) is 1. The van der Waals surface area contributed by atoms with E-state index in [1.807, 2.05) is 48.5 Å². The molecule has 0 amide bonds. The molecule has 1 atom stereocenters. The quantitative estimate of drug-likeness (QED) is 0.855. The van der Waals surface area contributed by atoms with Crippen molar-refractivity contribution >= 4 is 0 Å². The number of para-hydroxylation sites is 1. The van der Waals surface area contributed by atoms with Crippen molar-refractivity contribution in [3.63, 3.8) is 0 Å². The van der Waals surface area contributed by atoms with Gasteiger partial charge in [-0.25, -0.2) is 0 Å². The maximum Gasteiger partial charge on any atom is 0.119 e. The fraction of sp³-hybridized carbons (Fsp3) is 0.214. The topological polar surface area (TPSA) is 42.4 Å². The molecule has 0 spiro atoms. The number of aliphatic hydroxyl groups excluding tert-OH is 1. The van der Waals surface area contributed by atoms with Crippen LogP contribution < -0.4 is 4.74 Å². The fourth-order valence-electron chi connectivity index (χ4n) is 1.56. The monoisotopic (exact) mass is 229 g/mol. The molecule has 0 radical (unpaired) electrons. The third kappa shape index (κ3) is 3.29. The van der Waals surface area contributed by atoms with Gasteiger partial charge >= 0.3 is 0 Å². The Hall–Kier alpha value is -1.87. The molecule has 0 bridgehead atoms. The molecule has 17 heavy (non-hydrogen) atoms. The maximum atomic E-state index is 9.34. The van der Waals surface area contributed by atoms with Crippen molar-refractivity contribution in [3.05, 3.63) is 60.4 Å². The Balaban J connectivity index is 1.97. The van der Waals surface area contributed by atoms with Crippen molar-refractivity contribution in [2.75, 3.05) is 13.2 Å². The van der Waals surface area contributed by atoms with Crippen molar-refractivity contribution < 1.29 is 9.84 Å². The molecule has 3 nitrogen and oxygen atoms in total. The number of hydrogen-bond acceptors (Lipinski definition) is 3. The maximum absolute atomic E-state index is 9.34. The number of pyridine rings is 1. The van der Waals surface area contributed by atoms with E-state index in [2.05, 4.69) is 4.98 Å². The van der Waals surface area contributed by atoms with Crippen LogP contribution in [0.4, 0.5) is 0 Å². The zero-order valence-corrected chi connectivity index (χ0v) is 9.49. The lowest BCUT2D eigenvalue weighted by Gasteiger charge is -2.14. The molecule has 1 aromatic carbocycles. The van der Waals surface area contributed by atoms with Crippen LogP contribution in [0.25, 0.3) is 0 Å². The average Bonchev–Trinajstić information content (AvgIpc) is 2.42. The molecule has 0 aliphatic rings. The molecule has 1 N–H and O–H groups in total. The van der Waals surface area contributed by atoms with E-state index in [9.17, 15) is 5.11 Å². The third-order valence-electron chi connectivity index (χ3n) is 2.52. The first-order chi connectivity index (χ1) is 8.40. The summed E-state index contributed by atoms with van der Waals surface area (Å²) in [5.74, 6) is 0.721. The normalized spacial score (nSPS) is 12.1. The summed E-state index contributed by atoms with van der Waals surface area (Å²) < 4.78 is 5.61. The van der Waals surface area contributed by atoms with Crippen LogP contribution in [0.5, 0.6) is 5.75 Å². The second-order valence-electron chi connectivity index (χ2n) is 3.76. The van der Waals surface area contributed by atoms with Crippen LogP contribution in [0.1, 0.15) is 11.6 Å². The van der Waals surface area contributed by atoms with E-state index < -0.39 is 0 Å². The lowest BCUT2D eigenvalue weighted by atomic mass is 10.1. The zero-order valence-electron chi connectivity index (χ0n) is 9.49. The lowest BCUT2D eigenvalue weighted by molar-refractivity contribution is 0.203. The second-order valence-corrected chi connectivity index (χ2v) is 3.76. The standard InChI is InChI=1S/C14H15NO2/c16-10-12(14-8-4-5-9-15-14)11-17-13-6-2-1-3-7-13/h1-9,12,16H,10-11H2. The third-order valence-corrected chi connectivity index (χ3v) is 2.52. The zero-order chi connectivity index (χ0) is 11.9. The molecule has 0 aliphatic carbocycles. The van der Waals surface area contributed by atoms with Gasteiger partial charge in [-0.05, 0) is 24.3 Å². The fourth-order valence-corrected chi connectivity index (χ4v) is 1.56. The van der Waals surface area contributed by atoms with E-state index in [1.54, 1.807) is 6.20 Å². The summed E-state index contributed by atoms with van der Waals surface area (Å²) in [7, 11) is 0. The number of aromatic nitrogens is 1. The summed E-state index contributed by atoms with van der Waals surface area (Å²) in [4.78, 5) is 4.22. The van der Waals surface area contributed by atoms with Gasteiger partial charge in [-0.15, -0.1) is 0 Å². The van der Waals surface area contributed by atoms with Crippen LogP contribution in [0.15, 0.2) is 54.7 Å². The molecule has 1 aromatic heterocycles. The minimum atomic E-state index is -0.0867. The van der Waals surface area contributed by atoms with Crippen molar-refractivity contribution in [1.29, 1.82) is 0 Å². The first-order valence-corrected chi connectivity index (χ1v) is 5.60. The minimum Gasteiger partial charge on any atom is -0.493 e. The van der Waals surface area contributed by atoms with Crippen LogP contribution in [-0.2, 0) is 0 Å². The van der Waals surface area contributed by atoms with Gasteiger partial charge in [-0.2, -0.15) is 0 Å². The first kappa shape index (κ1) is 11.6. The van der Waals surface area contributed by atoms with Gasteiger partial charge in [-0.3, -0.25) is 4.98 Å². The molecule has 0 fully saturated rings. The van der Waals surface area contributed by atoms with Crippen LogP contribution in [0, 0.1) is 0 Å². The molecule has 3 heteroatoms. The van der Waals surface area contributed by atoms with E-state index in [0.29, 0.717) is 6.61 Å². The highest BCUT2D eigenvalue weighted by molar-refractivity contribution is 5.21. The molecular formula is C14H15NO2. The number of ether oxygens (including phenoxy) is 1. The molecule has 1 heterocycles. The number of benzene rings is 1. The highest BCUT2D eigenvalue weighted by Crippen LogP contribution is 2.15. The molecule has 0 saturated heterocycles. The SMILES string of the molecule is OCC(COc1ccccc1)c1ccccn1. The van der Waals surface area contributed by atoms with Gasteiger partial charge in [0.2, 0.25) is 0 Å². The summed E-state index contributed by atoms with van der Waals surface area (Å²) in [5.41, 5.74) is 0.853. The minimum absolute atomic E-state index is 0.0316. The van der Waals surface area contributed by atoms with E-state index in [1.165, 1.54) is 0 Å². The Morgan fingerprint density at radius 2 is 1.82 bits per heavy atom.